The molecule has 1 aromatic heterocycles. The highest BCUT2D eigenvalue weighted by Crippen LogP contribution is 2.23. The second-order valence-corrected chi connectivity index (χ2v) is 3.54. The Morgan fingerprint density at radius 2 is 2.33 bits per heavy atom. The first-order valence-electron chi connectivity index (χ1n) is 5.24. The van der Waals surface area contributed by atoms with Gasteiger partial charge < -0.3 is 11.1 Å². The summed E-state index contributed by atoms with van der Waals surface area (Å²) >= 11 is 0. The van der Waals surface area contributed by atoms with Crippen molar-refractivity contribution in [3.8, 4) is 11.4 Å². The standard InChI is InChI=1S/C11H12N6O/c1-13-10(18)5-3-7-2-4-9(12)8(6-7)11-14-16-17-15-11/h2-6H,12H2,1H3,(H,13,18)(H,14,15,16,17). The molecule has 0 bridgehead atoms. The van der Waals surface area contributed by atoms with Crippen LogP contribution in [0.4, 0.5) is 5.69 Å². The normalized spacial score (nSPS) is 10.7. The van der Waals surface area contributed by atoms with Crippen LogP contribution in [-0.4, -0.2) is 33.6 Å². The van der Waals surface area contributed by atoms with Crippen molar-refractivity contribution >= 4 is 17.7 Å². The monoisotopic (exact) mass is 244 g/mol. The van der Waals surface area contributed by atoms with Crippen molar-refractivity contribution in [1.82, 2.24) is 25.9 Å². The smallest absolute Gasteiger partial charge is 0.243 e. The van der Waals surface area contributed by atoms with Gasteiger partial charge in [-0.2, -0.15) is 0 Å². The largest absolute Gasteiger partial charge is 0.398 e. The van der Waals surface area contributed by atoms with E-state index in [9.17, 15) is 4.79 Å². The van der Waals surface area contributed by atoms with Crippen LogP contribution in [0.3, 0.4) is 0 Å². The van der Waals surface area contributed by atoms with Crippen molar-refractivity contribution in [3.63, 3.8) is 0 Å². The molecule has 0 spiro atoms. The molecular formula is C11H12N6O. The molecule has 1 heterocycles. The van der Waals surface area contributed by atoms with E-state index in [1.807, 2.05) is 6.07 Å². The Hall–Kier alpha value is -2.70. The number of benzene rings is 1. The Morgan fingerprint density at radius 1 is 1.50 bits per heavy atom. The second-order valence-electron chi connectivity index (χ2n) is 3.54. The van der Waals surface area contributed by atoms with Crippen molar-refractivity contribution in [1.29, 1.82) is 0 Å². The number of carbonyl (C=O) groups excluding carboxylic acids is 1. The van der Waals surface area contributed by atoms with Gasteiger partial charge in [0.05, 0.1) is 0 Å². The van der Waals surface area contributed by atoms with Crippen LogP contribution >= 0.6 is 0 Å². The Balaban J connectivity index is 2.33. The molecule has 2 rings (SSSR count). The fraction of sp³-hybridized carbons (Fsp3) is 0.0909. The molecule has 0 atom stereocenters. The fourth-order valence-corrected chi connectivity index (χ4v) is 1.41. The van der Waals surface area contributed by atoms with Crippen molar-refractivity contribution < 1.29 is 4.79 Å². The third-order valence-electron chi connectivity index (χ3n) is 2.35. The molecule has 7 nitrogen and oxygen atoms in total. The number of hydrogen-bond donors (Lipinski definition) is 3. The average molecular weight is 244 g/mol. The van der Waals surface area contributed by atoms with Crippen molar-refractivity contribution in [2.45, 2.75) is 0 Å². The Labute approximate surface area is 103 Å². The number of H-pyrrole nitrogens is 1. The number of anilines is 1. The van der Waals surface area contributed by atoms with E-state index in [4.69, 9.17) is 5.73 Å². The number of nitrogens with one attached hydrogen (secondary N) is 2. The maximum atomic E-state index is 11.1. The molecule has 0 aliphatic heterocycles. The fourth-order valence-electron chi connectivity index (χ4n) is 1.41. The minimum absolute atomic E-state index is 0.172. The number of hydrogen-bond acceptors (Lipinski definition) is 5. The number of amides is 1. The molecule has 2 aromatic rings. The topological polar surface area (TPSA) is 110 Å². The average Bonchev–Trinajstić information content (AvgIpc) is 2.91. The van der Waals surface area contributed by atoms with Gasteiger partial charge in [0.25, 0.3) is 0 Å². The summed E-state index contributed by atoms with van der Waals surface area (Å²) < 4.78 is 0. The predicted octanol–water partition coefficient (Wildman–Crippen LogP) is 0.208. The van der Waals surface area contributed by atoms with Crippen LogP contribution in [0, 0.1) is 0 Å². The number of likely N-dealkylation sites (N-methyl/N-ethyl adjacent to an activating group) is 1. The maximum Gasteiger partial charge on any atom is 0.243 e. The summed E-state index contributed by atoms with van der Waals surface area (Å²) in [7, 11) is 1.57. The molecule has 0 saturated heterocycles. The van der Waals surface area contributed by atoms with Crippen LogP contribution < -0.4 is 11.1 Å². The third kappa shape index (κ3) is 2.51. The lowest BCUT2D eigenvalue weighted by Gasteiger charge is -2.02. The Bertz CT molecular complexity index is 575. The van der Waals surface area contributed by atoms with Crippen molar-refractivity contribution in [2.75, 3.05) is 12.8 Å². The zero-order valence-electron chi connectivity index (χ0n) is 9.71. The Morgan fingerprint density at radius 3 is 3.00 bits per heavy atom. The lowest BCUT2D eigenvalue weighted by atomic mass is 10.1. The first kappa shape index (κ1) is 11.8. The van der Waals surface area contributed by atoms with Gasteiger partial charge in [0.1, 0.15) is 0 Å². The van der Waals surface area contributed by atoms with Crippen molar-refractivity contribution in [2.24, 2.45) is 0 Å². The summed E-state index contributed by atoms with van der Waals surface area (Å²) in [6, 6.07) is 5.35. The van der Waals surface area contributed by atoms with E-state index in [1.165, 1.54) is 6.08 Å². The van der Waals surface area contributed by atoms with Gasteiger partial charge in [-0.05, 0) is 34.2 Å². The van der Waals surface area contributed by atoms with E-state index < -0.39 is 0 Å². The lowest BCUT2D eigenvalue weighted by Crippen LogP contribution is -2.13. The third-order valence-corrected chi connectivity index (χ3v) is 2.35. The Kier molecular flexibility index (Phi) is 3.33. The first-order valence-corrected chi connectivity index (χ1v) is 5.24. The molecule has 0 unspecified atom stereocenters. The quantitative estimate of drug-likeness (QED) is 0.528. The number of nitrogens with zero attached hydrogens (tertiary/aromatic N) is 3. The predicted molar refractivity (Wildman–Crippen MR) is 67.1 cm³/mol. The molecule has 4 N–H and O–H groups in total. The van der Waals surface area contributed by atoms with E-state index in [0.717, 1.165) is 5.56 Å². The minimum atomic E-state index is -0.172. The van der Waals surface area contributed by atoms with Crippen LogP contribution in [0.25, 0.3) is 17.5 Å². The zero-order chi connectivity index (χ0) is 13.0. The molecule has 18 heavy (non-hydrogen) atoms. The molecule has 0 saturated carbocycles. The van der Waals surface area contributed by atoms with Gasteiger partial charge >= 0.3 is 0 Å². The van der Waals surface area contributed by atoms with Gasteiger partial charge in [-0.25, -0.2) is 5.10 Å². The number of aromatic nitrogens is 4. The molecule has 1 aromatic carbocycles. The molecule has 0 radical (unpaired) electrons. The van der Waals surface area contributed by atoms with Gasteiger partial charge in [-0.3, -0.25) is 4.79 Å². The summed E-state index contributed by atoms with van der Waals surface area (Å²) in [6.45, 7) is 0. The molecule has 0 aliphatic rings. The number of aromatic amines is 1. The maximum absolute atomic E-state index is 11.1. The summed E-state index contributed by atoms with van der Waals surface area (Å²) in [4.78, 5) is 11.1. The molecule has 0 aliphatic carbocycles. The van der Waals surface area contributed by atoms with Gasteiger partial charge in [-0.15, -0.1) is 5.10 Å². The van der Waals surface area contributed by atoms with Crippen LogP contribution in [0.15, 0.2) is 24.3 Å². The number of nitrogens with two attached hydrogens (primary N) is 1. The summed E-state index contributed by atoms with van der Waals surface area (Å²) in [6.07, 6.45) is 3.12. The molecule has 1 amide bonds. The van der Waals surface area contributed by atoms with E-state index in [2.05, 4.69) is 25.9 Å². The number of carbonyl (C=O) groups is 1. The highest BCUT2D eigenvalue weighted by atomic mass is 16.1. The lowest BCUT2D eigenvalue weighted by molar-refractivity contribution is -0.115. The highest BCUT2D eigenvalue weighted by Gasteiger charge is 2.06. The molecule has 0 fully saturated rings. The summed E-state index contributed by atoms with van der Waals surface area (Å²) in [5.74, 6) is 0.317. The first-order chi connectivity index (χ1) is 8.70. The summed E-state index contributed by atoms with van der Waals surface area (Å²) in [5, 5.41) is 15.9. The van der Waals surface area contributed by atoms with E-state index in [-0.39, 0.29) is 5.91 Å². The minimum Gasteiger partial charge on any atom is -0.398 e. The van der Waals surface area contributed by atoms with Gasteiger partial charge in [0.2, 0.25) is 5.91 Å². The van der Waals surface area contributed by atoms with Crippen LogP contribution in [-0.2, 0) is 4.79 Å². The van der Waals surface area contributed by atoms with E-state index in [1.54, 1.807) is 25.3 Å². The number of rotatable bonds is 3. The van der Waals surface area contributed by atoms with Crippen LogP contribution in [0.1, 0.15) is 5.56 Å². The van der Waals surface area contributed by atoms with Crippen molar-refractivity contribution in [3.05, 3.63) is 29.8 Å². The molecule has 7 heteroatoms. The van der Waals surface area contributed by atoms with Gasteiger partial charge in [-0.1, -0.05) is 6.07 Å². The summed E-state index contributed by atoms with van der Waals surface area (Å²) in [5.41, 5.74) is 7.93. The van der Waals surface area contributed by atoms with E-state index in [0.29, 0.717) is 17.1 Å². The van der Waals surface area contributed by atoms with Crippen LogP contribution in [0.2, 0.25) is 0 Å². The van der Waals surface area contributed by atoms with Gasteiger partial charge in [0.15, 0.2) is 5.82 Å². The second kappa shape index (κ2) is 5.09. The number of nitrogen functional groups attached to an aromatic ring is 1. The SMILES string of the molecule is CNC(=O)C=Cc1ccc(N)c(-c2nnn[nH]2)c1. The molecule has 92 valence electrons. The zero-order valence-corrected chi connectivity index (χ0v) is 9.71. The highest BCUT2D eigenvalue weighted by molar-refractivity contribution is 5.91. The van der Waals surface area contributed by atoms with Crippen LogP contribution in [0.5, 0.6) is 0 Å². The van der Waals surface area contributed by atoms with Gasteiger partial charge in [0, 0.05) is 24.4 Å². The number of tetrazole rings is 1. The van der Waals surface area contributed by atoms with E-state index >= 15 is 0 Å². The molecular weight excluding hydrogens is 232 g/mol.